The van der Waals surface area contributed by atoms with E-state index in [9.17, 15) is 18.4 Å². The van der Waals surface area contributed by atoms with Crippen LogP contribution in [-0.4, -0.2) is 24.8 Å². The van der Waals surface area contributed by atoms with E-state index in [1.165, 1.54) is 24.3 Å². The molecule has 3 aromatic carbocycles. The Morgan fingerprint density at radius 3 is 2.47 bits per heavy atom. The van der Waals surface area contributed by atoms with E-state index in [0.717, 1.165) is 11.1 Å². The molecule has 1 aliphatic rings. The molecule has 0 amide bonds. The minimum atomic E-state index is -4.77. The molecule has 1 heterocycles. The van der Waals surface area contributed by atoms with Gasteiger partial charge in [-0.15, -0.1) is 13.2 Å². The Morgan fingerprint density at radius 2 is 1.78 bits per heavy atom. The van der Waals surface area contributed by atoms with Gasteiger partial charge >= 0.3 is 6.36 Å². The van der Waals surface area contributed by atoms with Crippen LogP contribution in [0.5, 0.6) is 17.2 Å². The first kappa shape index (κ1) is 24.9. The number of hydrogen-bond donors (Lipinski definition) is 1. The van der Waals surface area contributed by atoms with Gasteiger partial charge in [-0.2, -0.15) is 5.26 Å². The minimum Gasteiger partial charge on any atom is -0.486 e. The number of amidine groups is 1. The molecule has 3 aromatic rings. The number of halogens is 3. The highest BCUT2D eigenvalue weighted by Crippen LogP contribution is 2.38. The van der Waals surface area contributed by atoms with Crippen molar-refractivity contribution in [1.82, 2.24) is 0 Å². The molecule has 0 aromatic heterocycles. The summed E-state index contributed by atoms with van der Waals surface area (Å²) < 4.78 is 54.1. The normalized spacial score (nSPS) is 18.0. The first-order chi connectivity index (χ1) is 17.2. The Hall–Kier alpha value is -4.19. The third kappa shape index (κ3) is 6.27. The molecule has 186 valence electrons. The highest BCUT2D eigenvalue weighted by Gasteiger charge is 2.31. The second-order valence-electron chi connectivity index (χ2n) is 8.26. The number of fused-ring (bicyclic) bond motifs is 1. The van der Waals surface area contributed by atoms with E-state index in [-0.39, 0.29) is 18.4 Å². The number of nitrogens with two attached hydrogens (primary N) is 1. The molecular weight excluding hydrogens is 471 g/mol. The fourth-order valence-corrected chi connectivity index (χ4v) is 3.84. The standard InChI is InChI=1S/C27H24F3N3O3/c1-2-21-14-26(32)33-16-25(18-6-9-22(10-7-18)36-27(28,29)30)35-23-11-8-20(13-24(23)34-21)19-5-3-4-17(12-19)15-31/h3-13,21,25H,2,14,16H2,1H3,(H2,32,33). The molecule has 2 unspecified atom stereocenters. The zero-order valence-corrected chi connectivity index (χ0v) is 19.5. The zero-order valence-electron chi connectivity index (χ0n) is 19.5. The van der Waals surface area contributed by atoms with Crippen molar-refractivity contribution in [1.29, 1.82) is 5.26 Å². The lowest BCUT2D eigenvalue weighted by Crippen LogP contribution is -2.27. The third-order valence-electron chi connectivity index (χ3n) is 5.67. The smallest absolute Gasteiger partial charge is 0.486 e. The zero-order chi connectivity index (χ0) is 25.7. The van der Waals surface area contributed by atoms with Crippen LogP contribution in [0.25, 0.3) is 11.1 Å². The van der Waals surface area contributed by atoms with Crippen molar-refractivity contribution in [3.8, 4) is 34.4 Å². The predicted octanol–water partition coefficient (Wildman–Crippen LogP) is 6.16. The number of hydrogen-bond acceptors (Lipinski definition) is 6. The molecule has 36 heavy (non-hydrogen) atoms. The van der Waals surface area contributed by atoms with Gasteiger partial charge in [-0.25, -0.2) is 0 Å². The Morgan fingerprint density at radius 1 is 1.03 bits per heavy atom. The molecule has 0 bridgehead atoms. The summed E-state index contributed by atoms with van der Waals surface area (Å²) in [5, 5.41) is 9.25. The van der Waals surface area contributed by atoms with Gasteiger partial charge in [-0.3, -0.25) is 4.99 Å². The van der Waals surface area contributed by atoms with E-state index in [0.29, 0.717) is 41.3 Å². The second kappa shape index (κ2) is 10.6. The molecule has 0 saturated heterocycles. The van der Waals surface area contributed by atoms with E-state index in [1.54, 1.807) is 18.2 Å². The van der Waals surface area contributed by atoms with Crippen LogP contribution in [0.15, 0.2) is 71.7 Å². The maximum Gasteiger partial charge on any atom is 0.573 e. The van der Waals surface area contributed by atoms with E-state index in [4.69, 9.17) is 15.2 Å². The Kier molecular flexibility index (Phi) is 7.34. The van der Waals surface area contributed by atoms with Crippen LogP contribution in [0, 0.1) is 11.3 Å². The van der Waals surface area contributed by atoms with E-state index >= 15 is 0 Å². The number of nitrogens with zero attached hydrogens (tertiary/aromatic N) is 2. The molecule has 6 nitrogen and oxygen atoms in total. The molecule has 0 fully saturated rings. The summed E-state index contributed by atoms with van der Waals surface area (Å²) in [7, 11) is 0. The van der Waals surface area contributed by atoms with E-state index in [1.807, 2.05) is 31.2 Å². The van der Waals surface area contributed by atoms with Crippen LogP contribution in [0.4, 0.5) is 13.2 Å². The largest absolute Gasteiger partial charge is 0.573 e. The van der Waals surface area contributed by atoms with Gasteiger partial charge in [0.25, 0.3) is 0 Å². The fraction of sp³-hybridized carbons (Fsp3) is 0.259. The second-order valence-corrected chi connectivity index (χ2v) is 8.26. The highest BCUT2D eigenvalue weighted by molar-refractivity contribution is 5.81. The van der Waals surface area contributed by atoms with Gasteiger partial charge in [0.1, 0.15) is 18.0 Å². The van der Waals surface area contributed by atoms with Crippen molar-refractivity contribution in [2.75, 3.05) is 6.54 Å². The quantitative estimate of drug-likeness (QED) is 0.468. The van der Waals surface area contributed by atoms with E-state index < -0.39 is 12.5 Å². The molecule has 2 N–H and O–H groups in total. The maximum absolute atomic E-state index is 12.5. The van der Waals surface area contributed by atoms with Crippen molar-refractivity contribution in [2.45, 2.75) is 38.3 Å². The van der Waals surface area contributed by atoms with Crippen LogP contribution in [-0.2, 0) is 0 Å². The fourth-order valence-electron chi connectivity index (χ4n) is 3.84. The predicted molar refractivity (Wildman–Crippen MR) is 129 cm³/mol. The van der Waals surface area contributed by atoms with Crippen LogP contribution in [0.1, 0.15) is 37.0 Å². The minimum absolute atomic E-state index is 0.174. The Bertz CT molecular complexity index is 1280. The Balaban J connectivity index is 1.69. The number of rotatable bonds is 4. The van der Waals surface area contributed by atoms with Crippen LogP contribution in [0.3, 0.4) is 0 Å². The summed E-state index contributed by atoms with van der Waals surface area (Å²) in [5.41, 5.74) is 8.97. The van der Waals surface area contributed by atoms with Gasteiger partial charge in [0.15, 0.2) is 11.5 Å². The highest BCUT2D eigenvalue weighted by atomic mass is 19.4. The van der Waals surface area contributed by atoms with Crippen molar-refractivity contribution in [3.63, 3.8) is 0 Å². The average molecular weight is 496 g/mol. The molecule has 4 rings (SSSR count). The molecule has 2 atom stereocenters. The summed E-state index contributed by atoms with van der Waals surface area (Å²) in [6.45, 7) is 2.16. The van der Waals surface area contributed by atoms with Crippen molar-refractivity contribution >= 4 is 5.84 Å². The number of alkyl halides is 3. The van der Waals surface area contributed by atoms with Gasteiger partial charge in [-0.1, -0.05) is 37.3 Å². The van der Waals surface area contributed by atoms with Gasteiger partial charge in [0, 0.05) is 6.42 Å². The summed E-state index contributed by atoms with van der Waals surface area (Å²) in [4.78, 5) is 4.43. The number of ether oxygens (including phenoxy) is 3. The SMILES string of the molecule is CCC1CC(N)=NCC(c2ccc(OC(F)(F)F)cc2)Oc2ccc(-c3cccc(C#N)c3)cc2O1. The molecule has 1 aliphatic heterocycles. The average Bonchev–Trinajstić information content (AvgIpc) is 2.86. The van der Waals surface area contributed by atoms with Crippen molar-refractivity contribution < 1.29 is 27.4 Å². The van der Waals surface area contributed by atoms with Crippen molar-refractivity contribution in [2.24, 2.45) is 10.7 Å². The van der Waals surface area contributed by atoms with E-state index in [2.05, 4.69) is 15.8 Å². The molecular formula is C27H24F3N3O3. The third-order valence-corrected chi connectivity index (χ3v) is 5.67. The summed E-state index contributed by atoms with van der Waals surface area (Å²) >= 11 is 0. The van der Waals surface area contributed by atoms with Gasteiger partial charge in [0.2, 0.25) is 0 Å². The van der Waals surface area contributed by atoms with Crippen molar-refractivity contribution in [3.05, 3.63) is 77.9 Å². The topological polar surface area (TPSA) is 89.9 Å². The van der Waals surface area contributed by atoms with Crippen LogP contribution < -0.4 is 19.9 Å². The molecule has 0 aliphatic carbocycles. The maximum atomic E-state index is 12.5. The summed E-state index contributed by atoms with van der Waals surface area (Å²) in [6.07, 6.45) is -4.53. The molecule has 0 radical (unpaired) electrons. The summed E-state index contributed by atoms with van der Waals surface area (Å²) in [6, 6.07) is 20.3. The molecule has 0 spiro atoms. The number of nitriles is 1. The summed E-state index contributed by atoms with van der Waals surface area (Å²) in [5.74, 6) is 1.03. The lowest BCUT2D eigenvalue weighted by Gasteiger charge is -2.25. The van der Waals surface area contributed by atoms with Crippen LogP contribution >= 0.6 is 0 Å². The Labute approximate surface area is 206 Å². The number of benzene rings is 3. The van der Waals surface area contributed by atoms with Crippen LogP contribution in [0.2, 0.25) is 0 Å². The van der Waals surface area contributed by atoms with Gasteiger partial charge in [0.05, 0.1) is 24.0 Å². The lowest BCUT2D eigenvalue weighted by atomic mass is 10.0. The first-order valence-electron chi connectivity index (χ1n) is 11.4. The molecule has 0 saturated carbocycles. The van der Waals surface area contributed by atoms with Gasteiger partial charge in [-0.05, 0) is 59.5 Å². The number of aliphatic imine (C=N–C) groups is 1. The lowest BCUT2D eigenvalue weighted by molar-refractivity contribution is -0.274. The first-order valence-corrected chi connectivity index (χ1v) is 11.4. The monoisotopic (exact) mass is 495 g/mol. The van der Waals surface area contributed by atoms with Gasteiger partial charge < -0.3 is 19.9 Å². The molecule has 9 heteroatoms.